The third-order valence-corrected chi connectivity index (χ3v) is 4.84. The van der Waals surface area contributed by atoms with Crippen molar-refractivity contribution in [3.8, 4) is 0 Å². The molecule has 0 aromatic carbocycles. The van der Waals surface area contributed by atoms with Gasteiger partial charge < -0.3 is 20.3 Å². The van der Waals surface area contributed by atoms with E-state index >= 15 is 0 Å². The van der Waals surface area contributed by atoms with E-state index in [2.05, 4.69) is 19.9 Å². The number of amides is 1. The second kappa shape index (κ2) is 7.25. The summed E-state index contributed by atoms with van der Waals surface area (Å²) in [6, 6.07) is 3.65. The maximum atomic E-state index is 13.0. The zero-order chi connectivity index (χ0) is 17.9. The number of carbonyl (C=O) groups excluding carboxylic acids is 1. The predicted molar refractivity (Wildman–Crippen MR) is 96.7 cm³/mol. The van der Waals surface area contributed by atoms with Gasteiger partial charge in [-0.25, -0.2) is 9.97 Å². The van der Waals surface area contributed by atoms with Gasteiger partial charge in [-0.1, -0.05) is 0 Å². The van der Waals surface area contributed by atoms with Crippen LogP contribution in [-0.2, 0) is 4.74 Å². The number of nitrogens with two attached hydrogens (primary N) is 1. The first-order valence-corrected chi connectivity index (χ1v) is 8.90. The van der Waals surface area contributed by atoms with Crippen molar-refractivity contribution in [2.45, 2.75) is 18.9 Å². The Bertz CT molecular complexity index is 793. The van der Waals surface area contributed by atoms with E-state index in [1.165, 1.54) is 12.8 Å². The van der Waals surface area contributed by atoms with Crippen molar-refractivity contribution in [1.29, 1.82) is 0 Å². The molecule has 0 aliphatic carbocycles. The van der Waals surface area contributed by atoms with Crippen LogP contribution in [0.1, 0.15) is 35.0 Å². The van der Waals surface area contributed by atoms with Gasteiger partial charge in [-0.15, -0.1) is 0 Å². The molecule has 8 heteroatoms. The van der Waals surface area contributed by atoms with Crippen molar-refractivity contribution >= 4 is 17.5 Å². The number of pyridine rings is 1. The van der Waals surface area contributed by atoms with Crippen LogP contribution in [0.15, 0.2) is 30.7 Å². The van der Waals surface area contributed by atoms with E-state index in [4.69, 9.17) is 10.5 Å². The van der Waals surface area contributed by atoms with E-state index < -0.39 is 0 Å². The van der Waals surface area contributed by atoms with Crippen LogP contribution in [-0.4, -0.2) is 58.5 Å². The van der Waals surface area contributed by atoms with Crippen LogP contribution in [0.5, 0.6) is 0 Å². The minimum absolute atomic E-state index is 0.0244. The molecular formula is C18H22N6O2. The summed E-state index contributed by atoms with van der Waals surface area (Å²) in [5.74, 6) is 1.19. The number of rotatable bonds is 3. The first-order chi connectivity index (χ1) is 12.7. The lowest BCUT2D eigenvalue weighted by molar-refractivity contribution is -0.0245. The molecule has 0 saturated carbocycles. The fourth-order valence-corrected chi connectivity index (χ4v) is 3.46. The molecule has 1 unspecified atom stereocenters. The van der Waals surface area contributed by atoms with E-state index in [0.717, 1.165) is 18.9 Å². The maximum absolute atomic E-state index is 13.0. The van der Waals surface area contributed by atoms with Gasteiger partial charge in [0.2, 0.25) is 0 Å². The van der Waals surface area contributed by atoms with Crippen molar-refractivity contribution in [2.75, 3.05) is 43.4 Å². The van der Waals surface area contributed by atoms with E-state index in [0.29, 0.717) is 36.8 Å². The molecule has 0 spiro atoms. The molecule has 2 aliphatic rings. The molecule has 26 heavy (non-hydrogen) atoms. The summed E-state index contributed by atoms with van der Waals surface area (Å²) in [5.41, 5.74) is 7.13. The molecular weight excluding hydrogens is 332 g/mol. The maximum Gasteiger partial charge on any atom is 0.254 e. The fraction of sp³-hybridized carbons (Fsp3) is 0.444. The Balaban J connectivity index is 1.51. The van der Waals surface area contributed by atoms with Gasteiger partial charge in [0.05, 0.1) is 13.2 Å². The summed E-state index contributed by atoms with van der Waals surface area (Å²) in [6.07, 6.45) is 6.82. The Morgan fingerprint density at radius 2 is 1.92 bits per heavy atom. The van der Waals surface area contributed by atoms with Crippen LogP contribution in [0.2, 0.25) is 0 Å². The molecule has 2 fully saturated rings. The third kappa shape index (κ3) is 3.32. The second-order valence-corrected chi connectivity index (χ2v) is 6.53. The standard InChI is InChI=1S/C18H22N6O2/c19-17-16(21-5-6-22-17)14-12-24(9-10-26-14)18(25)13-3-4-20-15(11-13)23-7-1-2-8-23/h3-6,11,14H,1-2,7-10,12H2,(H2,19,22). The Morgan fingerprint density at radius 1 is 1.12 bits per heavy atom. The average molecular weight is 354 g/mol. The zero-order valence-electron chi connectivity index (χ0n) is 14.5. The summed E-state index contributed by atoms with van der Waals surface area (Å²) in [4.78, 5) is 29.7. The average Bonchev–Trinajstić information content (AvgIpc) is 3.23. The molecule has 4 rings (SSSR count). The summed E-state index contributed by atoms with van der Waals surface area (Å²) in [7, 11) is 0. The molecule has 4 heterocycles. The normalized spacial score (nSPS) is 20.4. The molecule has 1 amide bonds. The highest BCUT2D eigenvalue weighted by Gasteiger charge is 2.29. The molecule has 0 radical (unpaired) electrons. The lowest BCUT2D eigenvalue weighted by atomic mass is 10.1. The summed E-state index contributed by atoms with van der Waals surface area (Å²) >= 11 is 0. The van der Waals surface area contributed by atoms with Crippen molar-refractivity contribution in [3.05, 3.63) is 42.0 Å². The number of nitrogens with zero attached hydrogens (tertiary/aromatic N) is 5. The van der Waals surface area contributed by atoms with E-state index in [9.17, 15) is 4.79 Å². The molecule has 1 atom stereocenters. The van der Waals surface area contributed by atoms with Crippen LogP contribution in [0.4, 0.5) is 11.6 Å². The van der Waals surface area contributed by atoms with Crippen LogP contribution in [0.25, 0.3) is 0 Å². The van der Waals surface area contributed by atoms with Crippen molar-refractivity contribution in [2.24, 2.45) is 0 Å². The van der Waals surface area contributed by atoms with E-state index in [1.54, 1.807) is 29.6 Å². The highest BCUT2D eigenvalue weighted by Crippen LogP contribution is 2.25. The number of nitrogen functional groups attached to an aromatic ring is 1. The van der Waals surface area contributed by atoms with Crippen LogP contribution >= 0.6 is 0 Å². The van der Waals surface area contributed by atoms with Gasteiger partial charge in [-0.2, -0.15) is 0 Å². The molecule has 2 aromatic rings. The Morgan fingerprint density at radius 3 is 2.73 bits per heavy atom. The zero-order valence-corrected chi connectivity index (χ0v) is 14.5. The van der Waals surface area contributed by atoms with Crippen LogP contribution in [0, 0.1) is 0 Å². The number of hydrogen-bond acceptors (Lipinski definition) is 7. The fourth-order valence-electron chi connectivity index (χ4n) is 3.46. The molecule has 136 valence electrons. The SMILES string of the molecule is Nc1nccnc1C1CN(C(=O)c2ccnc(N3CCCC3)c2)CCO1. The van der Waals surface area contributed by atoms with Gasteiger partial charge in [0.25, 0.3) is 5.91 Å². The first-order valence-electron chi connectivity index (χ1n) is 8.90. The van der Waals surface area contributed by atoms with Gasteiger partial charge >= 0.3 is 0 Å². The van der Waals surface area contributed by atoms with E-state index in [1.807, 2.05) is 6.07 Å². The van der Waals surface area contributed by atoms with Gasteiger partial charge in [-0.05, 0) is 25.0 Å². The van der Waals surface area contributed by atoms with E-state index in [-0.39, 0.29) is 12.0 Å². The Kier molecular flexibility index (Phi) is 4.66. The first kappa shape index (κ1) is 16.7. The minimum Gasteiger partial charge on any atom is -0.382 e. The lowest BCUT2D eigenvalue weighted by Crippen LogP contribution is -2.42. The highest BCUT2D eigenvalue weighted by atomic mass is 16.5. The van der Waals surface area contributed by atoms with Crippen molar-refractivity contribution < 1.29 is 9.53 Å². The van der Waals surface area contributed by atoms with Gasteiger partial charge in [-0.3, -0.25) is 9.78 Å². The number of aromatic nitrogens is 3. The number of anilines is 2. The predicted octanol–water partition coefficient (Wildman–Crippen LogP) is 1.27. The second-order valence-electron chi connectivity index (χ2n) is 6.53. The van der Waals surface area contributed by atoms with Crippen LogP contribution in [0.3, 0.4) is 0 Å². The number of hydrogen-bond donors (Lipinski definition) is 1. The number of morpholine rings is 1. The summed E-state index contributed by atoms with van der Waals surface area (Å²) in [5, 5.41) is 0. The van der Waals surface area contributed by atoms with Gasteiger partial charge in [0.15, 0.2) is 0 Å². The number of carbonyl (C=O) groups is 1. The lowest BCUT2D eigenvalue weighted by Gasteiger charge is -2.33. The quantitative estimate of drug-likeness (QED) is 0.886. The molecule has 2 N–H and O–H groups in total. The Hall–Kier alpha value is -2.74. The number of ether oxygens (including phenoxy) is 1. The monoisotopic (exact) mass is 354 g/mol. The largest absolute Gasteiger partial charge is 0.382 e. The smallest absolute Gasteiger partial charge is 0.254 e. The van der Waals surface area contributed by atoms with Crippen LogP contribution < -0.4 is 10.6 Å². The van der Waals surface area contributed by atoms with Gasteiger partial charge in [0.1, 0.15) is 23.4 Å². The molecule has 0 bridgehead atoms. The topological polar surface area (TPSA) is 97.5 Å². The summed E-state index contributed by atoms with van der Waals surface area (Å²) < 4.78 is 5.77. The third-order valence-electron chi connectivity index (χ3n) is 4.84. The summed E-state index contributed by atoms with van der Waals surface area (Å²) in [6.45, 7) is 3.38. The van der Waals surface area contributed by atoms with Crippen molar-refractivity contribution in [1.82, 2.24) is 19.9 Å². The minimum atomic E-state index is -0.360. The molecule has 2 saturated heterocycles. The highest BCUT2D eigenvalue weighted by molar-refractivity contribution is 5.95. The molecule has 2 aromatic heterocycles. The molecule has 2 aliphatic heterocycles. The van der Waals surface area contributed by atoms with Gasteiger partial charge in [0, 0.05) is 43.8 Å². The van der Waals surface area contributed by atoms with Crippen molar-refractivity contribution in [3.63, 3.8) is 0 Å². The Labute approximate surface area is 152 Å². The molecule has 8 nitrogen and oxygen atoms in total.